The zero-order valence-corrected chi connectivity index (χ0v) is 20.6. The average molecular weight is 437 g/mol. The van der Waals surface area contributed by atoms with Crippen molar-refractivity contribution in [1.82, 2.24) is 9.13 Å². The van der Waals surface area contributed by atoms with Crippen molar-refractivity contribution in [2.75, 3.05) is 0 Å². The molecule has 1 fully saturated rings. The quantitative estimate of drug-likeness (QED) is 0.296. The molecule has 2 nitrogen and oxygen atoms in total. The summed E-state index contributed by atoms with van der Waals surface area (Å²) in [4.78, 5) is 0. The van der Waals surface area contributed by atoms with Gasteiger partial charge >= 0.3 is 0 Å². The van der Waals surface area contributed by atoms with Crippen LogP contribution < -0.4 is 0 Å². The highest BCUT2D eigenvalue weighted by Gasteiger charge is 2.41. The second kappa shape index (κ2) is 8.74. The fourth-order valence-electron chi connectivity index (χ4n) is 6.25. The van der Waals surface area contributed by atoms with Gasteiger partial charge in [-0.05, 0) is 74.9 Å². The number of nitrogens with zero attached hydrogens (tertiary/aromatic N) is 2. The van der Waals surface area contributed by atoms with Crippen LogP contribution in [0.25, 0.3) is 0 Å². The van der Waals surface area contributed by atoms with Crippen LogP contribution in [0, 0.1) is 27.7 Å². The molecule has 2 aromatic heterocycles. The zero-order chi connectivity index (χ0) is 23.0. The molecule has 1 aliphatic carbocycles. The summed E-state index contributed by atoms with van der Waals surface area (Å²) in [6.07, 6.45) is 5.12. The van der Waals surface area contributed by atoms with Crippen molar-refractivity contribution >= 4 is 0 Å². The molecule has 0 spiro atoms. The van der Waals surface area contributed by atoms with Crippen LogP contribution >= 0.6 is 0 Å². The molecule has 0 saturated heterocycles. The Morgan fingerprint density at radius 2 is 1.00 bits per heavy atom. The molecule has 4 aromatic rings. The molecule has 0 N–H and O–H groups in total. The molecule has 0 amide bonds. The van der Waals surface area contributed by atoms with Crippen LogP contribution in [0.2, 0.25) is 0 Å². The molecule has 1 saturated carbocycles. The van der Waals surface area contributed by atoms with E-state index in [-0.39, 0.29) is 5.41 Å². The van der Waals surface area contributed by atoms with Crippen LogP contribution in [-0.4, -0.2) is 9.13 Å². The SMILES string of the molecule is Cc1cc(C2(c3cc(C)n(Cc4ccccc4)c3C)CCCC2)c(C)n1Cc1ccccc1. The van der Waals surface area contributed by atoms with Gasteiger partial charge in [-0.3, -0.25) is 0 Å². The van der Waals surface area contributed by atoms with Gasteiger partial charge in [0.05, 0.1) is 0 Å². The topological polar surface area (TPSA) is 9.86 Å². The average Bonchev–Trinajstić information content (AvgIpc) is 3.50. The molecule has 33 heavy (non-hydrogen) atoms. The molecule has 170 valence electrons. The van der Waals surface area contributed by atoms with Crippen molar-refractivity contribution in [3.8, 4) is 0 Å². The van der Waals surface area contributed by atoms with E-state index in [4.69, 9.17) is 0 Å². The van der Waals surface area contributed by atoms with Gasteiger partial charge in [0.1, 0.15) is 0 Å². The largest absolute Gasteiger partial charge is 0.345 e. The number of hydrogen-bond donors (Lipinski definition) is 0. The lowest BCUT2D eigenvalue weighted by molar-refractivity contribution is 0.523. The second-order valence-electron chi connectivity index (χ2n) is 10.0. The maximum atomic E-state index is 2.52. The van der Waals surface area contributed by atoms with Crippen LogP contribution in [0.5, 0.6) is 0 Å². The van der Waals surface area contributed by atoms with E-state index in [9.17, 15) is 0 Å². The van der Waals surface area contributed by atoms with Crippen LogP contribution in [0.3, 0.4) is 0 Å². The summed E-state index contributed by atoms with van der Waals surface area (Å²) >= 11 is 0. The second-order valence-corrected chi connectivity index (χ2v) is 10.0. The molecular weight excluding hydrogens is 400 g/mol. The third-order valence-corrected chi connectivity index (χ3v) is 8.00. The van der Waals surface area contributed by atoms with Gasteiger partial charge in [0.2, 0.25) is 0 Å². The number of hydrogen-bond acceptors (Lipinski definition) is 0. The Morgan fingerprint density at radius 1 is 0.606 bits per heavy atom. The van der Waals surface area contributed by atoms with Crippen LogP contribution in [-0.2, 0) is 18.5 Å². The Balaban J connectivity index is 1.57. The lowest BCUT2D eigenvalue weighted by atomic mass is 9.73. The summed E-state index contributed by atoms with van der Waals surface area (Å²) in [5.41, 5.74) is 11.6. The van der Waals surface area contributed by atoms with Crippen molar-refractivity contribution in [2.24, 2.45) is 0 Å². The Kier molecular flexibility index (Phi) is 5.78. The van der Waals surface area contributed by atoms with Crippen molar-refractivity contribution in [3.05, 3.63) is 118 Å². The fraction of sp³-hybridized carbons (Fsp3) is 0.355. The third kappa shape index (κ3) is 3.86. The Labute approximate surface area is 198 Å². The van der Waals surface area contributed by atoms with Crippen LogP contribution in [0.15, 0.2) is 72.8 Å². The molecule has 1 aliphatic rings. The van der Waals surface area contributed by atoms with Crippen molar-refractivity contribution in [1.29, 1.82) is 0 Å². The van der Waals surface area contributed by atoms with Gasteiger partial charge in [-0.2, -0.15) is 0 Å². The molecule has 0 aliphatic heterocycles. The highest BCUT2D eigenvalue weighted by atomic mass is 15.0. The number of benzene rings is 2. The molecule has 0 unspecified atom stereocenters. The minimum atomic E-state index is 0.133. The van der Waals surface area contributed by atoms with Gasteiger partial charge < -0.3 is 9.13 Å². The first-order valence-electron chi connectivity index (χ1n) is 12.4. The highest BCUT2D eigenvalue weighted by molar-refractivity contribution is 5.48. The van der Waals surface area contributed by atoms with E-state index in [0.717, 1.165) is 13.1 Å². The smallest absolute Gasteiger partial charge is 0.0475 e. The fourth-order valence-corrected chi connectivity index (χ4v) is 6.25. The third-order valence-electron chi connectivity index (χ3n) is 8.00. The maximum Gasteiger partial charge on any atom is 0.0475 e. The summed E-state index contributed by atoms with van der Waals surface area (Å²) in [6, 6.07) is 26.7. The first kappa shape index (κ1) is 21.8. The van der Waals surface area contributed by atoms with Gasteiger partial charge in [-0.15, -0.1) is 0 Å². The van der Waals surface area contributed by atoms with Gasteiger partial charge in [-0.25, -0.2) is 0 Å². The summed E-state index contributed by atoms with van der Waals surface area (Å²) in [7, 11) is 0. The minimum absolute atomic E-state index is 0.133. The van der Waals surface area contributed by atoms with E-state index in [1.165, 1.54) is 59.6 Å². The number of rotatable bonds is 6. The predicted molar refractivity (Wildman–Crippen MR) is 138 cm³/mol. The number of aryl methyl sites for hydroxylation is 2. The van der Waals surface area contributed by atoms with E-state index in [1.54, 1.807) is 11.1 Å². The van der Waals surface area contributed by atoms with E-state index >= 15 is 0 Å². The molecule has 2 heteroatoms. The molecule has 2 aromatic carbocycles. The van der Waals surface area contributed by atoms with Gasteiger partial charge in [0, 0.05) is 41.3 Å². The maximum absolute atomic E-state index is 2.52. The summed E-state index contributed by atoms with van der Waals surface area (Å²) in [5, 5.41) is 0. The normalized spacial score (nSPS) is 15.3. The molecule has 5 rings (SSSR count). The Hall–Kier alpha value is -3.00. The first-order chi connectivity index (χ1) is 16.0. The Bertz CT molecular complexity index is 1140. The lowest BCUT2D eigenvalue weighted by Gasteiger charge is -2.31. The van der Waals surface area contributed by atoms with E-state index in [2.05, 4.69) is 110 Å². The van der Waals surface area contributed by atoms with E-state index in [0.29, 0.717) is 0 Å². The summed E-state index contributed by atoms with van der Waals surface area (Å²) in [5.74, 6) is 0. The molecule has 0 atom stereocenters. The summed E-state index contributed by atoms with van der Waals surface area (Å²) < 4.78 is 5.04. The monoisotopic (exact) mass is 436 g/mol. The molecule has 0 radical (unpaired) electrons. The van der Waals surface area contributed by atoms with Gasteiger partial charge in [0.15, 0.2) is 0 Å². The summed E-state index contributed by atoms with van der Waals surface area (Å²) in [6.45, 7) is 11.1. The van der Waals surface area contributed by atoms with Crippen molar-refractivity contribution < 1.29 is 0 Å². The van der Waals surface area contributed by atoms with E-state index in [1.807, 2.05) is 0 Å². The zero-order valence-electron chi connectivity index (χ0n) is 20.6. The predicted octanol–water partition coefficient (Wildman–Crippen LogP) is 7.48. The molecular formula is C31H36N2. The lowest BCUT2D eigenvalue weighted by Crippen LogP contribution is -2.25. The van der Waals surface area contributed by atoms with E-state index < -0.39 is 0 Å². The van der Waals surface area contributed by atoms with Gasteiger partial charge in [0.25, 0.3) is 0 Å². The number of aromatic nitrogens is 2. The van der Waals surface area contributed by atoms with Crippen LogP contribution in [0.4, 0.5) is 0 Å². The molecule has 2 heterocycles. The highest BCUT2D eigenvalue weighted by Crippen LogP contribution is 2.50. The van der Waals surface area contributed by atoms with Crippen molar-refractivity contribution in [3.63, 3.8) is 0 Å². The van der Waals surface area contributed by atoms with Gasteiger partial charge in [-0.1, -0.05) is 73.5 Å². The Morgan fingerprint density at radius 3 is 1.39 bits per heavy atom. The standard InChI is InChI=1S/C31H36N2/c1-23-19-29(25(3)32(23)21-27-13-7-5-8-14-27)31(17-11-12-18-31)30-20-24(2)33(26(30)4)22-28-15-9-6-10-16-28/h5-10,13-16,19-20H,11-12,17-18,21-22H2,1-4H3. The van der Waals surface area contributed by atoms with Crippen LogP contribution in [0.1, 0.15) is 70.7 Å². The molecule has 0 bridgehead atoms. The van der Waals surface area contributed by atoms with Crippen molar-refractivity contribution in [2.45, 2.75) is 71.9 Å². The minimum Gasteiger partial charge on any atom is -0.345 e. The first-order valence-corrected chi connectivity index (χ1v) is 12.4.